The molecule has 0 bridgehead atoms. The topological polar surface area (TPSA) is 53.0 Å². The Morgan fingerprint density at radius 3 is 2.55 bits per heavy atom. The van der Waals surface area contributed by atoms with Gasteiger partial charge in [-0.05, 0) is 68.7 Å². The van der Waals surface area contributed by atoms with Gasteiger partial charge in [0, 0.05) is 18.1 Å². The fraction of sp³-hybridized carbons (Fsp3) is 0.286. The van der Waals surface area contributed by atoms with Crippen molar-refractivity contribution in [2.75, 3.05) is 20.7 Å². The number of halogens is 2. The minimum Gasteiger partial charge on any atom is -0.503 e. The van der Waals surface area contributed by atoms with E-state index in [0.29, 0.717) is 37.6 Å². The van der Waals surface area contributed by atoms with Crippen molar-refractivity contribution >= 4 is 61.2 Å². The van der Waals surface area contributed by atoms with Gasteiger partial charge in [-0.15, -0.1) is 0 Å². The number of rotatable bonds is 3. The number of likely N-dealkylation sites (N-methyl/N-ethyl adjacent to an activating group) is 2. The smallest absolute Gasteiger partial charge is 0.276 e. The number of phenolic OH excluding ortho intramolecular Hbond substituents is 1. The molecule has 1 aliphatic rings. The SMILES string of the molecule is CCN1C(=O)/C(=C/c2cc(OC)c(O)c(Br)c2Br)N(C)C1=S. The number of methoxy groups -OCH3 is 1. The van der Waals surface area contributed by atoms with E-state index in [0.717, 1.165) is 0 Å². The summed E-state index contributed by atoms with van der Waals surface area (Å²) in [6.07, 6.45) is 1.71. The largest absolute Gasteiger partial charge is 0.503 e. The number of carbonyl (C=O) groups excluding carboxylic acids is 1. The van der Waals surface area contributed by atoms with Crippen LogP contribution in [0.2, 0.25) is 0 Å². The normalized spacial score (nSPS) is 16.9. The summed E-state index contributed by atoms with van der Waals surface area (Å²) in [5, 5.41) is 10.4. The molecule has 1 heterocycles. The Bertz CT molecular complexity index is 691. The van der Waals surface area contributed by atoms with Gasteiger partial charge in [0.15, 0.2) is 16.6 Å². The van der Waals surface area contributed by atoms with Gasteiger partial charge in [-0.25, -0.2) is 0 Å². The highest BCUT2D eigenvalue weighted by atomic mass is 79.9. The third-order valence-corrected chi connectivity index (χ3v) is 6.00. The van der Waals surface area contributed by atoms with Crippen LogP contribution in [-0.2, 0) is 4.79 Å². The zero-order chi connectivity index (χ0) is 16.6. The average Bonchev–Trinajstić information content (AvgIpc) is 2.70. The van der Waals surface area contributed by atoms with Crippen LogP contribution in [0.25, 0.3) is 6.08 Å². The van der Waals surface area contributed by atoms with Crippen molar-refractivity contribution in [3.8, 4) is 11.5 Å². The van der Waals surface area contributed by atoms with Crippen molar-refractivity contribution in [1.29, 1.82) is 0 Å². The molecule has 1 aromatic carbocycles. The van der Waals surface area contributed by atoms with Crippen LogP contribution in [0, 0.1) is 0 Å². The summed E-state index contributed by atoms with van der Waals surface area (Å²) in [6.45, 7) is 2.39. The van der Waals surface area contributed by atoms with E-state index in [1.165, 1.54) is 12.0 Å². The molecule has 22 heavy (non-hydrogen) atoms. The quantitative estimate of drug-likeness (QED) is 0.566. The van der Waals surface area contributed by atoms with Crippen LogP contribution in [0.15, 0.2) is 20.7 Å². The number of benzene rings is 1. The molecule has 0 aromatic heterocycles. The molecule has 0 aliphatic carbocycles. The Balaban J connectivity index is 2.56. The first-order valence-corrected chi connectivity index (χ1v) is 8.39. The molecule has 5 nitrogen and oxygen atoms in total. The van der Waals surface area contributed by atoms with Gasteiger partial charge in [-0.2, -0.15) is 0 Å². The second-order valence-corrected chi connectivity index (χ2v) is 6.52. The fourth-order valence-corrected chi connectivity index (χ4v) is 3.26. The van der Waals surface area contributed by atoms with Gasteiger partial charge >= 0.3 is 0 Å². The number of ether oxygens (including phenoxy) is 1. The van der Waals surface area contributed by atoms with Gasteiger partial charge in [0.05, 0.1) is 11.6 Å². The molecule has 0 unspecified atom stereocenters. The molecule has 1 N–H and O–H groups in total. The average molecular weight is 450 g/mol. The molecule has 0 saturated carbocycles. The molecule has 0 radical (unpaired) electrons. The van der Waals surface area contributed by atoms with Gasteiger partial charge in [0.2, 0.25) is 0 Å². The van der Waals surface area contributed by atoms with E-state index in [-0.39, 0.29) is 11.7 Å². The summed E-state index contributed by atoms with van der Waals surface area (Å²) >= 11 is 12.0. The van der Waals surface area contributed by atoms with E-state index >= 15 is 0 Å². The lowest BCUT2D eigenvalue weighted by Crippen LogP contribution is -2.30. The first-order chi connectivity index (χ1) is 10.3. The number of carbonyl (C=O) groups is 1. The Kier molecular flexibility index (Phi) is 5.14. The second kappa shape index (κ2) is 6.55. The molecule has 1 amide bonds. The maximum absolute atomic E-state index is 12.4. The molecule has 0 atom stereocenters. The highest BCUT2D eigenvalue weighted by Crippen LogP contribution is 2.42. The molecule has 1 saturated heterocycles. The molecule has 8 heteroatoms. The van der Waals surface area contributed by atoms with Gasteiger partial charge in [0.25, 0.3) is 5.91 Å². The minimum absolute atomic E-state index is 0.00617. The van der Waals surface area contributed by atoms with Crippen molar-refractivity contribution in [1.82, 2.24) is 9.80 Å². The standard InChI is InChI=1S/C14H14Br2N2O3S/c1-4-18-13(20)8(17(2)14(18)22)5-7-6-9(21-3)12(19)11(16)10(7)15/h5-6,19H,4H2,1-3H3/b8-5-. The number of phenols is 1. The summed E-state index contributed by atoms with van der Waals surface area (Å²) < 4.78 is 6.22. The third-order valence-electron chi connectivity index (χ3n) is 3.35. The zero-order valence-corrected chi connectivity index (χ0v) is 16.2. The van der Waals surface area contributed by atoms with E-state index in [9.17, 15) is 9.90 Å². The Labute approximate surface area is 150 Å². The predicted octanol–water partition coefficient (Wildman–Crippen LogP) is 3.35. The lowest BCUT2D eigenvalue weighted by Gasteiger charge is -2.14. The molecule has 2 rings (SSSR count). The molecular formula is C14H14Br2N2O3S. The predicted molar refractivity (Wildman–Crippen MR) is 95.8 cm³/mol. The van der Waals surface area contributed by atoms with Crippen molar-refractivity contribution in [3.63, 3.8) is 0 Å². The number of hydrogen-bond acceptors (Lipinski definition) is 4. The van der Waals surface area contributed by atoms with Crippen LogP contribution < -0.4 is 4.74 Å². The summed E-state index contributed by atoms with van der Waals surface area (Å²) in [5.41, 5.74) is 1.16. The van der Waals surface area contributed by atoms with Crippen molar-refractivity contribution in [2.24, 2.45) is 0 Å². The monoisotopic (exact) mass is 448 g/mol. The second-order valence-electron chi connectivity index (χ2n) is 4.57. The molecule has 1 aliphatic heterocycles. The van der Waals surface area contributed by atoms with Crippen LogP contribution in [0.4, 0.5) is 0 Å². The van der Waals surface area contributed by atoms with E-state index in [1.807, 2.05) is 6.92 Å². The zero-order valence-electron chi connectivity index (χ0n) is 12.2. The third kappa shape index (κ3) is 2.75. The highest BCUT2D eigenvalue weighted by molar-refractivity contribution is 9.13. The van der Waals surface area contributed by atoms with E-state index in [4.69, 9.17) is 17.0 Å². The number of aromatic hydroxyl groups is 1. The highest BCUT2D eigenvalue weighted by Gasteiger charge is 2.34. The minimum atomic E-state index is -0.148. The summed E-state index contributed by atoms with van der Waals surface area (Å²) in [5.74, 6) is 0.156. The van der Waals surface area contributed by atoms with Crippen molar-refractivity contribution < 1.29 is 14.6 Å². The van der Waals surface area contributed by atoms with E-state index < -0.39 is 0 Å². The summed E-state index contributed by atoms with van der Waals surface area (Å²) in [6, 6.07) is 1.65. The van der Waals surface area contributed by atoms with Gasteiger partial charge < -0.3 is 14.7 Å². The van der Waals surface area contributed by atoms with Crippen LogP contribution in [0.5, 0.6) is 11.5 Å². The van der Waals surface area contributed by atoms with Crippen molar-refractivity contribution in [2.45, 2.75) is 6.92 Å². The van der Waals surface area contributed by atoms with Crippen LogP contribution >= 0.6 is 44.1 Å². The molecule has 118 valence electrons. The number of amides is 1. The molecule has 0 spiro atoms. The molecular weight excluding hydrogens is 436 g/mol. The van der Waals surface area contributed by atoms with Gasteiger partial charge in [-0.1, -0.05) is 0 Å². The summed E-state index contributed by atoms with van der Waals surface area (Å²) in [4.78, 5) is 15.6. The fourth-order valence-electron chi connectivity index (χ4n) is 2.11. The Hall–Kier alpha value is -1.12. The maximum Gasteiger partial charge on any atom is 0.276 e. The van der Waals surface area contributed by atoms with Gasteiger partial charge in [0.1, 0.15) is 5.70 Å². The lowest BCUT2D eigenvalue weighted by molar-refractivity contribution is -0.122. The number of thiocarbonyl (C=S) groups is 1. The van der Waals surface area contributed by atoms with E-state index in [2.05, 4.69) is 31.9 Å². The molecule has 1 aromatic rings. The summed E-state index contributed by atoms with van der Waals surface area (Å²) in [7, 11) is 3.22. The molecule has 1 fully saturated rings. The lowest BCUT2D eigenvalue weighted by atomic mass is 10.1. The number of nitrogens with zero attached hydrogens (tertiary/aromatic N) is 2. The van der Waals surface area contributed by atoms with Crippen molar-refractivity contribution in [3.05, 3.63) is 26.3 Å². The maximum atomic E-state index is 12.4. The Morgan fingerprint density at radius 2 is 2.05 bits per heavy atom. The van der Waals surface area contributed by atoms with Crippen LogP contribution in [0.1, 0.15) is 12.5 Å². The first kappa shape index (κ1) is 17.2. The number of hydrogen-bond donors (Lipinski definition) is 1. The van der Waals surface area contributed by atoms with Crippen LogP contribution in [-0.4, -0.2) is 46.6 Å². The van der Waals surface area contributed by atoms with Gasteiger partial charge in [-0.3, -0.25) is 9.69 Å². The van der Waals surface area contributed by atoms with E-state index in [1.54, 1.807) is 24.1 Å². The first-order valence-electron chi connectivity index (χ1n) is 6.39. The van der Waals surface area contributed by atoms with Crippen LogP contribution in [0.3, 0.4) is 0 Å². The Morgan fingerprint density at radius 1 is 1.41 bits per heavy atom.